The van der Waals surface area contributed by atoms with Gasteiger partial charge in [-0.05, 0) is 57.9 Å². The molecule has 0 saturated heterocycles. The summed E-state index contributed by atoms with van der Waals surface area (Å²) in [6.07, 6.45) is 2.13. The number of nitrogens with zero attached hydrogens (tertiary/aromatic N) is 2. The Balaban J connectivity index is 1.71. The van der Waals surface area contributed by atoms with E-state index in [1.54, 1.807) is 36.6 Å². The van der Waals surface area contributed by atoms with Crippen LogP contribution in [0.5, 0.6) is 0 Å². The van der Waals surface area contributed by atoms with Crippen LogP contribution in [0.1, 0.15) is 34.3 Å². The van der Waals surface area contributed by atoms with E-state index in [1.165, 1.54) is 5.01 Å². The van der Waals surface area contributed by atoms with Gasteiger partial charge in [-0.3, -0.25) is 4.79 Å². The lowest BCUT2D eigenvalue weighted by Crippen LogP contribution is -2.26. The van der Waals surface area contributed by atoms with Crippen LogP contribution in [0.3, 0.4) is 0 Å². The Morgan fingerprint density at radius 2 is 2.00 bits per heavy atom. The van der Waals surface area contributed by atoms with Gasteiger partial charge in [0.1, 0.15) is 11.8 Å². The Kier molecular flexibility index (Phi) is 4.23. The minimum atomic E-state index is -0.323. The zero-order chi connectivity index (χ0) is 17.4. The second kappa shape index (κ2) is 6.54. The predicted molar refractivity (Wildman–Crippen MR) is 96.6 cm³/mol. The van der Waals surface area contributed by atoms with Crippen molar-refractivity contribution in [1.82, 2.24) is 5.01 Å². The van der Waals surface area contributed by atoms with Crippen molar-refractivity contribution in [2.45, 2.75) is 12.5 Å². The number of furan rings is 2. The molecule has 2 aromatic heterocycles. The topological polar surface area (TPSA) is 59.0 Å². The lowest BCUT2D eigenvalue weighted by Gasteiger charge is -2.18. The monoisotopic (exact) mass is 418 g/mol. The molecule has 0 saturated carbocycles. The first kappa shape index (κ1) is 16.2. The van der Waals surface area contributed by atoms with Crippen molar-refractivity contribution in [3.8, 4) is 0 Å². The lowest BCUT2D eigenvalue weighted by atomic mass is 10.0. The van der Waals surface area contributed by atoms with Gasteiger partial charge in [0.25, 0.3) is 0 Å². The molecule has 4 rings (SSSR count). The Bertz CT molecular complexity index is 932. The maximum absolute atomic E-state index is 12.8. The first-order valence-electron chi connectivity index (χ1n) is 7.57. The smallest absolute Gasteiger partial charge is 0.310 e. The molecule has 1 aliphatic rings. The number of benzene rings is 1. The molecule has 5 nitrogen and oxygen atoms in total. The molecule has 0 fully saturated rings. The average molecular weight is 420 g/mol. The van der Waals surface area contributed by atoms with Gasteiger partial charge in [0.05, 0.1) is 12.0 Å². The van der Waals surface area contributed by atoms with E-state index in [9.17, 15) is 4.79 Å². The van der Waals surface area contributed by atoms with Gasteiger partial charge in [-0.1, -0.05) is 23.7 Å². The van der Waals surface area contributed by atoms with Crippen LogP contribution in [0.2, 0.25) is 5.02 Å². The van der Waals surface area contributed by atoms with Gasteiger partial charge in [-0.15, -0.1) is 0 Å². The van der Waals surface area contributed by atoms with Crippen LogP contribution in [-0.2, 0) is 0 Å². The number of amides is 1. The predicted octanol–water partition coefficient (Wildman–Crippen LogP) is 5.28. The van der Waals surface area contributed by atoms with Gasteiger partial charge in [-0.2, -0.15) is 5.10 Å². The van der Waals surface area contributed by atoms with Crippen LogP contribution in [0.15, 0.2) is 73.4 Å². The first-order valence-corrected chi connectivity index (χ1v) is 8.74. The van der Waals surface area contributed by atoms with Gasteiger partial charge in [0.2, 0.25) is 0 Å². The largest absolute Gasteiger partial charge is 0.467 e. The summed E-state index contributed by atoms with van der Waals surface area (Å²) >= 11 is 9.17. The zero-order valence-electron chi connectivity index (χ0n) is 12.9. The maximum Gasteiger partial charge on any atom is 0.310 e. The molecule has 0 bridgehead atoms. The van der Waals surface area contributed by atoms with Gasteiger partial charge >= 0.3 is 5.91 Å². The number of rotatable bonds is 3. The highest BCUT2D eigenvalue weighted by molar-refractivity contribution is 9.10. The summed E-state index contributed by atoms with van der Waals surface area (Å²) in [5, 5.41) is 6.59. The van der Waals surface area contributed by atoms with Crippen molar-refractivity contribution in [2.24, 2.45) is 5.10 Å². The normalized spacial score (nSPS) is 17.0. The SMILES string of the molecule is O=C(c1ccc(Br)o1)N1N=C(c2ccc(Cl)cc2)C[C@H]1c1ccco1. The summed E-state index contributed by atoms with van der Waals surface area (Å²) in [6, 6.07) is 14.0. The van der Waals surface area contributed by atoms with Crippen molar-refractivity contribution in [2.75, 3.05) is 0 Å². The minimum Gasteiger partial charge on any atom is -0.467 e. The van der Waals surface area contributed by atoms with E-state index in [4.69, 9.17) is 20.4 Å². The number of halogens is 2. The molecule has 0 N–H and O–H groups in total. The molecule has 7 heteroatoms. The number of hydrazone groups is 1. The molecule has 0 aliphatic carbocycles. The van der Waals surface area contributed by atoms with E-state index in [0.29, 0.717) is 21.9 Å². The summed E-state index contributed by atoms with van der Waals surface area (Å²) < 4.78 is 11.4. The van der Waals surface area contributed by atoms with Gasteiger partial charge < -0.3 is 8.83 Å². The summed E-state index contributed by atoms with van der Waals surface area (Å²) in [4.78, 5) is 12.8. The van der Waals surface area contributed by atoms with E-state index in [2.05, 4.69) is 21.0 Å². The zero-order valence-corrected chi connectivity index (χ0v) is 15.2. The number of carbonyl (C=O) groups is 1. The number of hydrogen-bond donors (Lipinski definition) is 0. The molecule has 1 amide bonds. The Labute approximate surface area is 157 Å². The van der Waals surface area contributed by atoms with E-state index in [1.807, 2.05) is 18.2 Å². The third-order valence-corrected chi connectivity index (χ3v) is 4.63. The maximum atomic E-state index is 12.8. The third kappa shape index (κ3) is 3.15. The van der Waals surface area contributed by atoms with E-state index in [-0.39, 0.29) is 17.7 Å². The number of carbonyl (C=O) groups excluding carboxylic acids is 1. The molecule has 126 valence electrons. The van der Waals surface area contributed by atoms with Crippen molar-refractivity contribution >= 4 is 39.1 Å². The number of hydrogen-bond acceptors (Lipinski definition) is 4. The molecular formula is C18H12BrClN2O3. The molecule has 0 unspecified atom stereocenters. The summed E-state index contributed by atoms with van der Waals surface area (Å²) in [6.45, 7) is 0. The highest BCUT2D eigenvalue weighted by atomic mass is 79.9. The Morgan fingerprint density at radius 1 is 1.20 bits per heavy atom. The second-order valence-corrected chi connectivity index (χ2v) is 6.76. The quantitative estimate of drug-likeness (QED) is 0.580. The molecule has 1 aromatic carbocycles. The summed E-state index contributed by atoms with van der Waals surface area (Å²) in [7, 11) is 0. The highest BCUT2D eigenvalue weighted by Gasteiger charge is 2.36. The van der Waals surface area contributed by atoms with Crippen LogP contribution >= 0.6 is 27.5 Å². The van der Waals surface area contributed by atoms with Crippen molar-refractivity contribution < 1.29 is 13.6 Å². The van der Waals surface area contributed by atoms with Crippen molar-refractivity contribution in [1.29, 1.82) is 0 Å². The lowest BCUT2D eigenvalue weighted by molar-refractivity contribution is 0.0659. The third-order valence-electron chi connectivity index (χ3n) is 3.95. The van der Waals surface area contributed by atoms with Crippen LogP contribution in [0.25, 0.3) is 0 Å². The highest BCUT2D eigenvalue weighted by Crippen LogP contribution is 2.34. The molecule has 0 radical (unpaired) electrons. The fourth-order valence-corrected chi connectivity index (χ4v) is 3.19. The average Bonchev–Trinajstić information content (AvgIpc) is 3.34. The Morgan fingerprint density at radius 3 is 2.64 bits per heavy atom. The minimum absolute atomic E-state index is 0.213. The van der Waals surface area contributed by atoms with Gasteiger partial charge in [0, 0.05) is 11.4 Å². The second-order valence-electron chi connectivity index (χ2n) is 5.54. The molecule has 0 spiro atoms. The van der Waals surface area contributed by atoms with Crippen molar-refractivity contribution in [3.05, 3.63) is 81.6 Å². The molecular weight excluding hydrogens is 408 g/mol. The fraction of sp³-hybridized carbons (Fsp3) is 0.111. The van der Waals surface area contributed by atoms with E-state index < -0.39 is 0 Å². The van der Waals surface area contributed by atoms with Crippen LogP contribution < -0.4 is 0 Å². The molecule has 1 atom stereocenters. The van der Waals surface area contributed by atoms with E-state index in [0.717, 1.165) is 11.3 Å². The summed E-state index contributed by atoms with van der Waals surface area (Å²) in [5.41, 5.74) is 1.70. The van der Waals surface area contributed by atoms with Crippen LogP contribution in [0, 0.1) is 0 Å². The molecule has 3 heterocycles. The van der Waals surface area contributed by atoms with Gasteiger partial charge in [0.15, 0.2) is 10.4 Å². The van der Waals surface area contributed by atoms with Gasteiger partial charge in [-0.25, -0.2) is 5.01 Å². The fourth-order valence-electron chi connectivity index (χ4n) is 2.76. The molecule has 1 aliphatic heterocycles. The summed E-state index contributed by atoms with van der Waals surface area (Å²) in [5.74, 6) is 0.562. The van der Waals surface area contributed by atoms with Crippen LogP contribution in [-0.4, -0.2) is 16.6 Å². The van der Waals surface area contributed by atoms with Crippen LogP contribution in [0.4, 0.5) is 0 Å². The standard InChI is InChI=1S/C18H12BrClN2O3/c19-17-8-7-16(25-17)18(23)22-14(15-2-1-9-24-15)10-13(21-22)11-3-5-12(20)6-4-11/h1-9,14H,10H2/t14-/m0/s1. The van der Waals surface area contributed by atoms with Crippen molar-refractivity contribution in [3.63, 3.8) is 0 Å². The molecule has 3 aromatic rings. The molecule has 25 heavy (non-hydrogen) atoms. The first-order chi connectivity index (χ1) is 12.1. The Hall–Kier alpha value is -2.31. The van der Waals surface area contributed by atoms with E-state index >= 15 is 0 Å².